The molecule has 0 unspecified atom stereocenters. The summed E-state index contributed by atoms with van der Waals surface area (Å²) in [7, 11) is 0. The maximum atomic E-state index is 12.8. The van der Waals surface area contributed by atoms with Gasteiger partial charge in [0.2, 0.25) is 5.91 Å². The fourth-order valence-electron chi connectivity index (χ4n) is 2.94. The third kappa shape index (κ3) is 2.80. The molecule has 1 N–H and O–H groups in total. The molecule has 1 aliphatic heterocycles. The zero-order chi connectivity index (χ0) is 15.0. The molecule has 1 saturated heterocycles. The first kappa shape index (κ1) is 14.1. The zero-order valence-corrected chi connectivity index (χ0v) is 12.7. The summed E-state index contributed by atoms with van der Waals surface area (Å²) in [5.41, 5.74) is 2.84. The molecule has 1 aromatic carbocycles. The summed E-state index contributed by atoms with van der Waals surface area (Å²) in [6.07, 6.45) is 3.82. The van der Waals surface area contributed by atoms with E-state index in [1.165, 1.54) is 0 Å². The highest BCUT2D eigenvalue weighted by molar-refractivity contribution is 5.99. The van der Waals surface area contributed by atoms with Crippen molar-refractivity contribution in [2.45, 2.75) is 51.6 Å². The van der Waals surface area contributed by atoms with Crippen LogP contribution in [0.25, 0.3) is 0 Å². The second kappa shape index (κ2) is 5.51. The van der Waals surface area contributed by atoms with Gasteiger partial charge in [-0.2, -0.15) is 0 Å². The van der Waals surface area contributed by atoms with Crippen LogP contribution in [-0.4, -0.2) is 35.3 Å². The van der Waals surface area contributed by atoms with Crippen LogP contribution in [0.4, 0.5) is 0 Å². The lowest BCUT2D eigenvalue weighted by Crippen LogP contribution is -2.46. The number of hydrogen-bond acceptors (Lipinski definition) is 2. The molecule has 2 amide bonds. The van der Waals surface area contributed by atoms with E-state index >= 15 is 0 Å². The second-order valence-corrected chi connectivity index (χ2v) is 6.19. The minimum Gasteiger partial charge on any atom is -0.352 e. The van der Waals surface area contributed by atoms with E-state index in [0.717, 1.165) is 42.4 Å². The van der Waals surface area contributed by atoms with Gasteiger partial charge in [-0.05, 0) is 56.7 Å². The van der Waals surface area contributed by atoms with Crippen molar-refractivity contribution in [3.8, 4) is 0 Å². The highest BCUT2D eigenvalue weighted by atomic mass is 16.2. The summed E-state index contributed by atoms with van der Waals surface area (Å²) in [6.45, 7) is 4.65. The number of likely N-dealkylation sites (tertiary alicyclic amines) is 1. The molecular weight excluding hydrogens is 264 g/mol. The smallest absolute Gasteiger partial charge is 0.254 e. The van der Waals surface area contributed by atoms with Gasteiger partial charge in [-0.25, -0.2) is 0 Å². The van der Waals surface area contributed by atoms with E-state index in [-0.39, 0.29) is 17.9 Å². The van der Waals surface area contributed by atoms with Gasteiger partial charge in [-0.15, -0.1) is 0 Å². The second-order valence-electron chi connectivity index (χ2n) is 6.19. The summed E-state index contributed by atoms with van der Waals surface area (Å²) >= 11 is 0. The van der Waals surface area contributed by atoms with Crippen LogP contribution in [0.15, 0.2) is 18.2 Å². The molecule has 4 nitrogen and oxygen atoms in total. The van der Waals surface area contributed by atoms with Crippen molar-refractivity contribution >= 4 is 11.8 Å². The lowest BCUT2D eigenvalue weighted by atomic mass is 10.0. The van der Waals surface area contributed by atoms with Gasteiger partial charge in [0.1, 0.15) is 6.04 Å². The number of carbonyl (C=O) groups excluding carboxylic acids is 2. The summed E-state index contributed by atoms with van der Waals surface area (Å²) in [4.78, 5) is 26.8. The molecule has 2 fully saturated rings. The molecule has 1 aliphatic carbocycles. The normalized spacial score (nSPS) is 21.4. The Labute approximate surface area is 125 Å². The fraction of sp³-hybridized carbons (Fsp3) is 0.529. The maximum absolute atomic E-state index is 12.8. The Hall–Kier alpha value is -1.84. The van der Waals surface area contributed by atoms with E-state index in [1.54, 1.807) is 4.90 Å². The van der Waals surface area contributed by atoms with E-state index in [2.05, 4.69) is 5.32 Å². The van der Waals surface area contributed by atoms with Crippen molar-refractivity contribution in [3.63, 3.8) is 0 Å². The number of benzene rings is 1. The molecule has 0 radical (unpaired) electrons. The van der Waals surface area contributed by atoms with Crippen LogP contribution in [0, 0.1) is 13.8 Å². The van der Waals surface area contributed by atoms with Crippen molar-refractivity contribution in [2.24, 2.45) is 0 Å². The average Bonchev–Trinajstić information content (AvgIpc) is 3.14. The van der Waals surface area contributed by atoms with Crippen LogP contribution in [0.3, 0.4) is 0 Å². The molecule has 112 valence electrons. The molecule has 1 heterocycles. The molecule has 21 heavy (non-hydrogen) atoms. The molecule has 0 spiro atoms. The van der Waals surface area contributed by atoms with Gasteiger partial charge in [0.05, 0.1) is 0 Å². The summed E-state index contributed by atoms with van der Waals surface area (Å²) in [6, 6.07) is 5.82. The fourth-order valence-corrected chi connectivity index (χ4v) is 2.94. The van der Waals surface area contributed by atoms with Gasteiger partial charge in [0.25, 0.3) is 5.91 Å². The number of nitrogens with one attached hydrogen (secondary N) is 1. The van der Waals surface area contributed by atoms with Crippen molar-refractivity contribution in [1.29, 1.82) is 0 Å². The van der Waals surface area contributed by atoms with E-state index in [9.17, 15) is 9.59 Å². The monoisotopic (exact) mass is 286 g/mol. The molecule has 1 atom stereocenters. The SMILES string of the molecule is Cc1cccc(C(=O)N2CCC[C@H]2C(=O)NC2CC2)c1C. The van der Waals surface area contributed by atoms with Crippen LogP contribution >= 0.6 is 0 Å². The predicted octanol–water partition coefficient (Wildman–Crippen LogP) is 2.19. The van der Waals surface area contributed by atoms with Gasteiger partial charge in [-0.1, -0.05) is 12.1 Å². The molecule has 2 aliphatic rings. The van der Waals surface area contributed by atoms with Gasteiger partial charge in [-0.3, -0.25) is 9.59 Å². The third-order valence-corrected chi connectivity index (χ3v) is 4.58. The van der Waals surface area contributed by atoms with E-state index < -0.39 is 0 Å². The van der Waals surface area contributed by atoms with Crippen molar-refractivity contribution in [3.05, 3.63) is 34.9 Å². The van der Waals surface area contributed by atoms with Crippen LogP contribution < -0.4 is 5.32 Å². The van der Waals surface area contributed by atoms with Crippen LogP contribution in [0.1, 0.15) is 47.2 Å². The minimum atomic E-state index is -0.294. The first-order chi connectivity index (χ1) is 10.1. The van der Waals surface area contributed by atoms with Gasteiger partial charge < -0.3 is 10.2 Å². The number of aryl methyl sites for hydroxylation is 1. The maximum Gasteiger partial charge on any atom is 0.254 e. The van der Waals surface area contributed by atoms with Gasteiger partial charge in [0, 0.05) is 18.2 Å². The first-order valence-corrected chi connectivity index (χ1v) is 7.75. The van der Waals surface area contributed by atoms with E-state index in [1.807, 2.05) is 32.0 Å². The lowest BCUT2D eigenvalue weighted by molar-refractivity contribution is -0.125. The Morgan fingerprint density at radius 1 is 1.19 bits per heavy atom. The van der Waals surface area contributed by atoms with Crippen LogP contribution in [0.5, 0.6) is 0 Å². The Morgan fingerprint density at radius 3 is 2.67 bits per heavy atom. The molecule has 0 bridgehead atoms. The molecule has 1 aromatic rings. The number of carbonyl (C=O) groups is 2. The molecular formula is C17H22N2O2. The molecule has 1 saturated carbocycles. The number of rotatable bonds is 3. The number of nitrogens with zero attached hydrogens (tertiary/aromatic N) is 1. The highest BCUT2D eigenvalue weighted by Gasteiger charge is 2.37. The lowest BCUT2D eigenvalue weighted by Gasteiger charge is -2.25. The van der Waals surface area contributed by atoms with E-state index in [4.69, 9.17) is 0 Å². The summed E-state index contributed by atoms with van der Waals surface area (Å²) in [5.74, 6) is 0.0123. The zero-order valence-electron chi connectivity index (χ0n) is 12.7. The summed E-state index contributed by atoms with van der Waals surface area (Å²) < 4.78 is 0. The number of amides is 2. The van der Waals surface area contributed by atoms with E-state index in [0.29, 0.717) is 12.6 Å². The summed E-state index contributed by atoms with van der Waals surface area (Å²) in [5, 5.41) is 3.03. The third-order valence-electron chi connectivity index (χ3n) is 4.58. The Kier molecular flexibility index (Phi) is 3.70. The standard InChI is InChI=1S/C17H22N2O2/c1-11-5-3-6-14(12(11)2)17(21)19-10-4-7-15(19)16(20)18-13-8-9-13/h3,5-6,13,15H,4,7-10H2,1-2H3,(H,18,20)/t15-/m0/s1. The van der Waals surface area contributed by atoms with Crippen molar-refractivity contribution in [1.82, 2.24) is 10.2 Å². The minimum absolute atomic E-state index is 0.00959. The average molecular weight is 286 g/mol. The highest BCUT2D eigenvalue weighted by Crippen LogP contribution is 2.25. The first-order valence-electron chi connectivity index (χ1n) is 7.75. The predicted molar refractivity (Wildman–Crippen MR) is 81.1 cm³/mol. The largest absolute Gasteiger partial charge is 0.352 e. The van der Waals surface area contributed by atoms with Gasteiger partial charge in [0.15, 0.2) is 0 Å². The number of hydrogen-bond donors (Lipinski definition) is 1. The molecule has 3 rings (SSSR count). The van der Waals surface area contributed by atoms with Crippen LogP contribution in [-0.2, 0) is 4.79 Å². The Morgan fingerprint density at radius 2 is 1.95 bits per heavy atom. The van der Waals surface area contributed by atoms with Crippen molar-refractivity contribution < 1.29 is 9.59 Å². The van der Waals surface area contributed by atoms with Gasteiger partial charge >= 0.3 is 0 Å². The quantitative estimate of drug-likeness (QED) is 0.926. The molecule has 4 heteroatoms. The van der Waals surface area contributed by atoms with Crippen LogP contribution in [0.2, 0.25) is 0 Å². The Bertz CT molecular complexity index is 578. The topological polar surface area (TPSA) is 49.4 Å². The molecule has 0 aromatic heterocycles. The Balaban J connectivity index is 1.79. The van der Waals surface area contributed by atoms with Crippen molar-refractivity contribution in [2.75, 3.05) is 6.54 Å².